The standard InChI is InChI=1S/CH2O3.Al.H3N.2H2O/c2-1(3)4;;;;/h(H2,2,3,4);;1H3;2*1H2/q;+2;;;/p-2. The number of carbonyl (C=O) groups is 1. The van der Waals surface area contributed by atoms with Gasteiger partial charge >= 0.3 is 22.0 Å². The molecular formula is CH7AlNO5. The predicted molar refractivity (Wildman–Crippen MR) is 25.9 cm³/mol. The highest BCUT2D eigenvalue weighted by Gasteiger charge is 1.70. The predicted octanol–water partition coefficient (Wildman–Crippen LogP) is -1.11. The monoisotopic (exact) mass is 140 g/mol. The molecule has 7 N–H and O–H groups in total. The molecule has 0 unspecified atom stereocenters. The Labute approximate surface area is 52.3 Å². The Morgan fingerprint density at radius 2 is 1.25 bits per heavy atom. The molecular weight excluding hydrogens is 133 g/mol. The van der Waals surface area contributed by atoms with Gasteiger partial charge in [0.25, 0.3) is 0 Å². The van der Waals surface area contributed by atoms with Gasteiger partial charge in [-0.3, -0.25) is 0 Å². The smallest absolute Gasteiger partial charge is 0.499 e. The van der Waals surface area contributed by atoms with Crippen LogP contribution in [0.25, 0.3) is 0 Å². The normalized spacial score (nSPS) is 4.75. The first-order chi connectivity index (χ1) is 3.15. The summed E-state index contributed by atoms with van der Waals surface area (Å²) in [5, 5.41) is 13.9. The van der Waals surface area contributed by atoms with Gasteiger partial charge in [-0.25, -0.2) is 4.79 Å². The molecule has 0 saturated heterocycles. The summed E-state index contributed by atoms with van der Waals surface area (Å²) in [5.41, 5.74) is 0. The Morgan fingerprint density at radius 1 is 1.25 bits per heavy atom. The average Bonchev–Trinajstić information content (AvgIpc) is 1.33. The van der Waals surface area contributed by atoms with Gasteiger partial charge in [0.15, 0.2) is 0 Å². The zero-order chi connectivity index (χ0) is 6.28. The highest BCUT2D eigenvalue weighted by Crippen LogP contribution is 1.42. The van der Waals surface area contributed by atoms with E-state index in [0.717, 1.165) is 0 Å². The molecule has 0 heterocycles. The number of hydrogen-bond donors (Lipinski definition) is 5. The molecule has 0 rings (SSSR count). The zero-order valence-corrected chi connectivity index (χ0v) is 5.14. The SMILES string of the molecule is N.O=C(O)O.[OH][Al][OH]. The van der Waals surface area contributed by atoms with Crippen LogP contribution in [0.1, 0.15) is 0 Å². The molecule has 8 heavy (non-hydrogen) atoms. The number of hydrogen-bond acceptors (Lipinski definition) is 4. The summed E-state index contributed by atoms with van der Waals surface area (Å²) in [6.07, 6.45) is -1.83. The Bertz CT molecular complexity index is 43.7. The molecule has 0 aromatic carbocycles. The van der Waals surface area contributed by atoms with E-state index in [1.807, 2.05) is 0 Å². The molecule has 0 saturated carbocycles. The summed E-state index contributed by atoms with van der Waals surface area (Å²) < 4.78 is 14.4. The largest absolute Gasteiger partial charge is 0.662 e. The van der Waals surface area contributed by atoms with E-state index >= 15 is 0 Å². The van der Waals surface area contributed by atoms with Crippen molar-refractivity contribution in [2.45, 2.75) is 0 Å². The topological polar surface area (TPSA) is 133 Å². The Kier molecular flexibility index (Phi) is 31.1. The zero-order valence-electron chi connectivity index (χ0n) is 3.98. The minimum absolute atomic E-state index is 0. The third kappa shape index (κ3) is 1240. The van der Waals surface area contributed by atoms with Crippen molar-refractivity contribution in [2.24, 2.45) is 0 Å². The van der Waals surface area contributed by atoms with Crippen molar-refractivity contribution in [3.63, 3.8) is 0 Å². The maximum Gasteiger partial charge on any atom is 0.662 e. The van der Waals surface area contributed by atoms with E-state index in [0.29, 0.717) is 0 Å². The summed E-state index contributed by atoms with van der Waals surface area (Å²) >= 11 is -1.25. The summed E-state index contributed by atoms with van der Waals surface area (Å²) in [7, 11) is 0. The fraction of sp³-hybridized carbons (Fsp3) is 0. The lowest BCUT2D eigenvalue weighted by atomic mass is 11.5. The first kappa shape index (κ1) is 15.6. The lowest BCUT2D eigenvalue weighted by Crippen LogP contribution is -1.81. The molecule has 0 aromatic heterocycles. The molecule has 6 nitrogen and oxygen atoms in total. The molecule has 1 radical (unpaired) electrons. The van der Waals surface area contributed by atoms with Crippen molar-refractivity contribution in [2.75, 3.05) is 0 Å². The lowest BCUT2D eigenvalue weighted by Gasteiger charge is -1.60. The highest BCUT2D eigenvalue weighted by molar-refractivity contribution is 6.13. The van der Waals surface area contributed by atoms with E-state index in [1.165, 1.54) is 0 Å². The second-order valence-electron chi connectivity index (χ2n) is 0.398. The Hall–Kier alpha value is -0.318. The van der Waals surface area contributed by atoms with Crippen LogP contribution in [0.2, 0.25) is 0 Å². The summed E-state index contributed by atoms with van der Waals surface area (Å²) in [5.74, 6) is 0. The molecule has 7 heteroatoms. The van der Waals surface area contributed by atoms with Crippen molar-refractivity contribution < 1.29 is 23.3 Å². The maximum atomic E-state index is 8.56. The first-order valence-corrected chi connectivity index (χ1v) is 2.20. The molecule has 0 aliphatic carbocycles. The first-order valence-electron chi connectivity index (χ1n) is 1.17. The summed E-state index contributed by atoms with van der Waals surface area (Å²) in [6.45, 7) is 0. The van der Waals surface area contributed by atoms with Crippen LogP contribution in [0.15, 0.2) is 0 Å². The molecule has 49 valence electrons. The third-order valence-electron chi connectivity index (χ3n) is 0. The van der Waals surface area contributed by atoms with Crippen molar-refractivity contribution in [1.82, 2.24) is 6.15 Å². The minimum atomic E-state index is -1.83. The van der Waals surface area contributed by atoms with E-state index in [2.05, 4.69) is 0 Å². The van der Waals surface area contributed by atoms with Gasteiger partial charge in [0.1, 0.15) is 0 Å². The number of rotatable bonds is 0. The molecule has 0 bridgehead atoms. The molecule has 0 atom stereocenters. The second kappa shape index (κ2) is 15.9. The van der Waals surface area contributed by atoms with Crippen LogP contribution in [0.5, 0.6) is 0 Å². The summed E-state index contributed by atoms with van der Waals surface area (Å²) in [6, 6.07) is 0. The quantitative estimate of drug-likeness (QED) is 0.271. The molecule has 0 aliphatic heterocycles. The Morgan fingerprint density at radius 3 is 1.25 bits per heavy atom. The average molecular weight is 140 g/mol. The van der Waals surface area contributed by atoms with Gasteiger partial charge in [-0.2, -0.15) is 0 Å². The van der Waals surface area contributed by atoms with Crippen LogP contribution < -0.4 is 6.15 Å². The van der Waals surface area contributed by atoms with E-state index in [1.54, 1.807) is 0 Å². The number of carboxylic acid groups (broad SMARTS) is 2. The second-order valence-corrected chi connectivity index (χ2v) is 0.629. The molecule has 0 aliphatic rings. The van der Waals surface area contributed by atoms with Crippen LogP contribution in [0.4, 0.5) is 4.79 Å². The summed E-state index contributed by atoms with van der Waals surface area (Å²) in [4.78, 5) is 8.56. The molecule has 0 spiro atoms. The fourth-order valence-corrected chi connectivity index (χ4v) is 0. The van der Waals surface area contributed by atoms with Gasteiger partial charge in [0, 0.05) is 0 Å². The van der Waals surface area contributed by atoms with Crippen LogP contribution in [0, 0.1) is 0 Å². The van der Waals surface area contributed by atoms with Gasteiger partial charge in [-0.15, -0.1) is 0 Å². The van der Waals surface area contributed by atoms with E-state index in [4.69, 9.17) is 23.3 Å². The highest BCUT2D eigenvalue weighted by atomic mass is 27.2. The van der Waals surface area contributed by atoms with Gasteiger partial charge < -0.3 is 24.7 Å². The molecule has 0 fully saturated rings. The minimum Gasteiger partial charge on any atom is -0.499 e. The van der Waals surface area contributed by atoms with Gasteiger partial charge in [0.2, 0.25) is 0 Å². The van der Waals surface area contributed by atoms with E-state index < -0.39 is 22.0 Å². The van der Waals surface area contributed by atoms with Crippen molar-refractivity contribution in [3.05, 3.63) is 0 Å². The van der Waals surface area contributed by atoms with Crippen LogP contribution in [0.3, 0.4) is 0 Å². The van der Waals surface area contributed by atoms with Crippen LogP contribution in [-0.2, 0) is 0 Å². The molecule has 0 amide bonds. The van der Waals surface area contributed by atoms with E-state index in [-0.39, 0.29) is 6.15 Å². The van der Waals surface area contributed by atoms with Gasteiger partial charge in [-0.1, -0.05) is 0 Å². The third-order valence-corrected chi connectivity index (χ3v) is 0. The maximum absolute atomic E-state index is 8.56. The van der Waals surface area contributed by atoms with Crippen LogP contribution in [-0.4, -0.2) is 40.6 Å². The van der Waals surface area contributed by atoms with Gasteiger partial charge in [0.05, 0.1) is 0 Å². The lowest BCUT2D eigenvalue weighted by molar-refractivity contribution is 0.137. The van der Waals surface area contributed by atoms with Gasteiger partial charge in [-0.05, 0) is 0 Å². The van der Waals surface area contributed by atoms with E-state index in [9.17, 15) is 0 Å². The Balaban J connectivity index is -0.0000000575. The van der Waals surface area contributed by atoms with Crippen molar-refractivity contribution in [1.29, 1.82) is 0 Å². The van der Waals surface area contributed by atoms with Crippen molar-refractivity contribution in [3.8, 4) is 0 Å². The van der Waals surface area contributed by atoms with Crippen molar-refractivity contribution >= 4 is 22.0 Å². The molecule has 0 aromatic rings. The van der Waals surface area contributed by atoms with Crippen LogP contribution >= 0.6 is 0 Å². The fourth-order valence-electron chi connectivity index (χ4n) is 0.